The van der Waals surface area contributed by atoms with Gasteiger partial charge < -0.3 is 20.1 Å². The summed E-state index contributed by atoms with van der Waals surface area (Å²) in [6, 6.07) is 8.56. The van der Waals surface area contributed by atoms with Crippen molar-refractivity contribution in [1.82, 2.24) is 10.2 Å². The fraction of sp³-hybridized carbons (Fsp3) is 0.632. The van der Waals surface area contributed by atoms with Gasteiger partial charge in [0.25, 0.3) is 0 Å². The molecule has 5 nitrogen and oxygen atoms in total. The monoisotopic (exact) mass is 332 g/mol. The molecule has 3 rings (SSSR count). The van der Waals surface area contributed by atoms with Crippen molar-refractivity contribution in [3.63, 3.8) is 0 Å². The molecule has 0 unspecified atom stereocenters. The highest BCUT2D eigenvalue weighted by atomic mass is 16.5. The first-order valence-electron chi connectivity index (χ1n) is 9.00. The van der Waals surface area contributed by atoms with Crippen molar-refractivity contribution in [2.45, 2.75) is 44.8 Å². The molecule has 2 atom stereocenters. The minimum atomic E-state index is -0.427. The van der Waals surface area contributed by atoms with Crippen LogP contribution in [0.2, 0.25) is 0 Å². The number of carbonyl (C=O) groups is 1. The third-order valence-electron chi connectivity index (χ3n) is 5.07. The van der Waals surface area contributed by atoms with Crippen LogP contribution < -0.4 is 5.32 Å². The number of aliphatic hydroxyl groups excluding tert-OH is 1. The van der Waals surface area contributed by atoms with Crippen LogP contribution in [0.5, 0.6) is 0 Å². The molecule has 0 spiro atoms. The summed E-state index contributed by atoms with van der Waals surface area (Å²) in [7, 11) is 0. The zero-order valence-electron chi connectivity index (χ0n) is 14.4. The van der Waals surface area contributed by atoms with Crippen LogP contribution >= 0.6 is 0 Å². The first-order chi connectivity index (χ1) is 11.6. The van der Waals surface area contributed by atoms with Gasteiger partial charge in [0.2, 0.25) is 0 Å². The zero-order valence-corrected chi connectivity index (χ0v) is 14.4. The second kappa shape index (κ2) is 7.99. The maximum Gasteiger partial charge on any atom is 0.317 e. The van der Waals surface area contributed by atoms with E-state index in [0.717, 1.165) is 19.3 Å². The predicted octanol–water partition coefficient (Wildman–Crippen LogP) is 1.97. The number of carbonyl (C=O) groups excluding carboxylic acids is 1. The maximum atomic E-state index is 12.5. The summed E-state index contributed by atoms with van der Waals surface area (Å²) in [5.41, 5.74) is 2.91. The van der Waals surface area contributed by atoms with Crippen LogP contribution in [0.1, 0.15) is 30.9 Å². The van der Waals surface area contributed by atoms with Crippen molar-refractivity contribution in [1.29, 1.82) is 0 Å². The van der Waals surface area contributed by atoms with E-state index in [1.54, 1.807) is 6.92 Å². The molecule has 1 aromatic rings. The standard InChI is InChI=1S/C19H28N2O3/c1-14(22)10-18-13-24-9-8-21(18)19(23)20-7-6-15-11-16-4-2-3-5-17(16)12-15/h2-5,14-15,18,22H,6-13H2,1H3,(H,20,23)/t14-,18+/m0/s1. The molecule has 1 aliphatic heterocycles. The second-order valence-electron chi connectivity index (χ2n) is 7.07. The van der Waals surface area contributed by atoms with Gasteiger partial charge in [0.15, 0.2) is 0 Å². The first kappa shape index (κ1) is 17.2. The number of ether oxygens (including phenoxy) is 1. The quantitative estimate of drug-likeness (QED) is 0.867. The van der Waals surface area contributed by atoms with E-state index in [-0.39, 0.29) is 12.1 Å². The van der Waals surface area contributed by atoms with Gasteiger partial charge in [-0.15, -0.1) is 0 Å². The molecule has 0 radical (unpaired) electrons. The molecular formula is C19H28N2O3. The van der Waals surface area contributed by atoms with Gasteiger partial charge in [-0.1, -0.05) is 24.3 Å². The number of hydrogen-bond donors (Lipinski definition) is 2. The number of nitrogens with one attached hydrogen (secondary N) is 1. The Morgan fingerprint density at radius 2 is 2.08 bits per heavy atom. The molecule has 2 amide bonds. The molecule has 0 aromatic heterocycles. The maximum absolute atomic E-state index is 12.5. The molecule has 0 saturated carbocycles. The van der Waals surface area contributed by atoms with Crippen LogP contribution in [-0.4, -0.2) is 54.5 Å². The van der Waals surface area contributed by atoms with E-state index < -0.39 is 6.10 Å². The van der Waals surface area contributed by atoms with Gasteiger partial charge in [0, 0.05) is 13.1 Å². The van der Waals surface area contributed by atoms with E-state index in [2.05, 4.69) is 29.6 Å². The second-order valence-corrected chi connectivity index (χ2v) is 7.07. The van der Waals surface area contributed by atoms with Crippen molar-refractivity contribution in [2.75, 3.05) is 26.3 Å². The average Bonchev–Trinajstić information content (AvgIpc) is 2.97. The van der Waals surface area contributed by atoms with Gasteiger partial charge in [-0.05, 0) is 49.7 Å². The molecular weight excluding hydrogens is 304 g/mol. The van der Waals surface area contributed by atoms with E-state index in [0.29, 0.717) is 38.6 Å². The molecule has 1 saturated heterocycles. The van der Waals surface area contributed by atoms with Gasteiger partial charge in [0.1, 0.15) is 0 Å². The number of nitrogens with zero attached hydrogens (tertiary/aromatic N) is 1. The number of fused-ring (bicyclic) bond motifs is 1. The number of benzene rings is 1. The van der Waals surface area contributed by atoms with Crippen LogP contribution in [0, 0.1) is 5.92 Å². The summed E-state index contributed by atoms with van der Waals surface area (Å²) in [6.45, 7) is 4.13. The highest BCUT2D eigenvalue weighted by molar-refractivity contribution is 5.74. The summed E-state index contributed by atoms with van der Waals surface area (Å²) in [5, 5.41) is 12.7. The minimum Gasteiger partial charge on any atom is -0.393 e. The summed E-state index contributed by atoms with van der Waals surface area (Å²) in [5.74, 6) is 0.626. The third-order valence-corrected chi connectivity index (χ3v) is 5.07. The molecule has 1 heterocycles. The fourth-order valence-corrected chi connectivity index (χ4v) is 3.85. The SMILES string of the molecule is C[C@H](O)C[C@@H]1COCCN1C(=O)NCCC1Cc2ccccc2C1. The first-order valence-corrected chi connectivity index (χ1v) is 9.00. The molecule has 2 aliphatic rings. The van der Waals surface area contributed by atoms with Crippen LogP contribution in [-0.2, 0) is 17.6 Å². The predicted molar refractivity (Wildman–Crippen MR) is 93.0 cm³/mol. The van der Waals surface area contributed by atoms with Crippen LogP contribution in [0.15, 0.2) is 24.3 Å². The Bertz CT molecular complexity index is 536. The fourth-order valence-electron chi connectivity index (χ4n) is 3.85. The lowest BCUT2D eigenvalue weighted by Gasteiger charge is -2.36. The average molecular weight is 332 g/mol. The number of rotatable bonds is 5. The van der Waals surface area contributed by atoms with E-state index in [9.17, 15) is 9.90 Å². The van der Waals surface area contributed by atoms with E-state index in [1.807, 2.05) is 4.90 Å². The van der Waals surface area contributed by atoms with E-state index >= 15 is 0 Å². The number of urea groups is 1. The molecule has 24 heavy (non-hydrogen) atoms. The topological polar surface area (TPSA) is 61.8 Å². The number of morpholine rings is 1. The molecule has 1 aromatic carbocycles. The summed E-state index contributed by atoms with van der Waals surface area (Å²) >= 11 is 0. The van der Waals surface area contributed by atoms with Gasteiger partial charge in [-0.3, -0.25) is 0 Å². The van der Waals surface area contributed by atoms with Crippen LogP contribution in [0.25, 0.3) is 0 Å². The lowest BCUT2D eigenvalue weighted by molar-refractivity contribution is -0.00432. The Hall–Kier alpha value is -1.59. The largest absolute Gasteiger partial charge is 0.393 e. The zero-order chi connectivity index (χ0) is 16.9. The van der Waals surface area contributed by atoms with E-state index in [4.69, 9.17) is 4.74 Å². The van der Waals surface area contributed by atoms with Gasteiger partial charge >= 0.3 is 6.03 Å². The summed E-state index contributed by atoms with van der Waals surface area (Å²) in [6.07, 6.45) is 3.38. The molecule has 132 valence electrons. The third kappa shape index (κ3) is 4.28. The smallest absolute Gasteiger partial charge is 0.317 e. The highest BCUT2D eigenvalue weighted by Crippen LogP contribution is 2.28. The Balaban J connectivity index is 1.44. The molecule has 1 aliphatic carbocycles. The molecule has 5 heteroatoms. The highest BCUT2D eigenvalue weighted by Gasteiger charge is 2.28. The van der Waals surface area contributed by atoms with Crippen LogP contribution in [0.3, 0.4) is 0 Å². The Morgan fingerprint density at radius 1 is 1.38 bits per heavy atom. The lowest BCUT2D eigenvalue weighted by atomic mass is 10.0. The minimum absolute atomic E-state index is 0.0283. The molecule has 1 fully saturated rings. The molecule has 0 bridgehead atoms. The number of hydrogen-bond acceptors (Lipinski definition) is 3. The Labute approximate surface area is 144 Å². The van der Waals surface area contributed by atoms with Gasteiger partial charge in [-0.25, -0.2) is 4.79 Å². The Kier molecular flexibility index (Phi) is 5.74. The van der Waals surface area contributed by atoms with Crippen molar-refractivity contribution < 1.29 is 14.6 Å². The van der Waals surface area contributed by atoms with Crippen molar-refractivity contribution in [3.05, 3.63) is 35.4 Å². The number of amides is 2. The van der Waals surface area contributed by atoms with Gasteiger partial charge in [-0.2, -0.15) is 0 Å². The number of aliphatic hydroxyl groups is 1. The molecule has 2 N–H and O–H groups in total. The Morgan fingerprint density at radius 3 is 2.75 bits per heavy atom. The normalized spacial score (nSPS) is 22.2. The lowest BCUT2D eigenvalue weighted by Crippen LogP contribution is -2.53. The van der Waals surface area contributed by atoms with Crippen molar-refractivity contribution in [2.24, 2.45) is 5.92 Å². The van der Waals surface area contributed by atoms with Crippen molar-refractivity contribution >= 4 is 6.03 Å². The summed E-state index contributed by atoms with van der Waals surface area (Å²) in [4.78, 5) is 14.3. The summed E-state index contributed by atoms with van der Waals surface area (Å²) < 4.78 is 5.45. The van der Waals surface area contributed by atoms with Crippen molar-refractivity contribution in [3.8, 4) is 0 Å². The van der Waals surface area contributed by atoms with E-state index in [1.165, 1.54) is 11.1 Å². The van der Waals surface area contributed by atoms with Gasteiger partial charge in [0.05, 0.1) is 25.4 Å². The van der Waals surface area contributed by atoms with Crippen LogP contribution in [0.4, 0.5) is 4.79 Å².